The van der Waals surface area contributed by atoms with Gasteiger partial charge in [-0.15, -0.1) is 0 Å². The summed E-state index contributed by atoms with van der Waals surface area (Å²) in [5, 5.41) is 8.71. The molecule has 160 valence electrons. The number of hydrogen-bond donors (Lipinski definition) is 2. The molecule has 5 heterocycles. The Hall–Kier alpha value is -3.91. The van der Waals surface area contributed by atoms with Crippen molar-refractivity contribution in [1.82, 2.24) is 29.5 Å². The number of aromatic amines is 1. The van der Waals surface area contributed by atoms with Crippen LogP contribution in [-0.2, 0) is 0 Å². The van der Waals surface area contributed by atoms with Gasteiger partial charge in [0.1, 0.15) is 17.8 Å². The van der Waals surface area contributed by atoms with Crippen LogP contribution in [0.4, 0.5) is 17.2 Å². The molecule has 0 radical (unpaired) electrons. The molecule has 1 saturated heterocycles. The topological polar surface area (TPSA) is 77.4 Å². The summed E-state index contributed by atoms with van der Waals surface area (Å²) < 4.78 is 1.76. The van der Waals surface area contributed by atoms with Gasteiger partial charge in [-0.05, 0) is 55.1 Å². The molecule has 0 bridgehead atoms. The van der Waals surface area contributed by atoms with Crippen molar-refractivity contribution in [2.45, 2.75) is 0 Å². The van der Waals surface area contributed by atoms with Crippen molar-refractivity contribution >= 4 is 33.9 Å². The maximum Gasteiger partial charge on any atom is 0.155 e. The SMILES string of the molecule is CN1CCN(c2cccc(Nc3ccc4c(-c5ccn6ncnc6c5)c[nH]c4n3)c2)CC1. The first-order valence-electron chi connectivity index (χ1n) is 10.8. The highest BCUT2D eigenvalue weighted by Gasteiger charge is 2.15. The normalized spacial score (nSPS) is 15.0. The van der Waals surface area contributed by atoms with Crippen LogP contribution in [0.5, 0.6) is 0 Å². The van der Waals surface area contributed by atoms with Crippen LogP contribution in [0.15, 0.2) is 67.3 Å². The van der Waals surface area contributed by atoms with Gasteiger partial charge in [0.2, 0.25) is 0 Å². The largest absolute Gasteiger partial charge is 0.369 e. The van der Waals surface area contributed by atoms with E-state index in [1.54, 1.807) is 10.8 Å². The van der Waals surface area contributed by atoms with Gasteiger partial charge in [0, 0.05) is 60.9 Å². The Balaban J connectivity index is 1.26. The molecule has 0 saturated carbocycles. The first-order chi connectivity index (χ1) is 15.7. The molecular formula is C24H24N8. The molecule has 1 fully saturated rings. The predicted molar refractivity (Wildman–Crippen MR) is 128 cm³/mol. The van der Waals surface area contributed by atoms with Gasteiger partial charge in [-0.2, -0.15) is 5.10 Å². The molecule has 0 spiro atoms. The van der Waals surface area contributed by atoms with Crippen LogP contribution in [0.1, 0.15) is 0 Å². The number of anilines is 3. The third-order valence-corrected chi connectivity index (χ3v) is 6.12. The fourth-order valence-corrected chi connectivity index (χ4v) is 4.29. The Morgan fingerprint density at radius 2 is 1.91 bits per heavy atom. The zero-order chi connectivity index (χ0) is 21.5. The van der Waals surface area contributed by atoms with E-state index < -0.39 is 0 Å². The maximum absolute atomic E-state index is 4.80. The molecule has 1 aliphatic rings. The van der Waals surface area contributed by atoms with Crippen LogP contribution in [0.25, 0.3) is 27.8 Å². The van der Waals surface area contributed by atoms with Crippen LogP contribution in [0, 0.1) is 0 Å². The molecule has 8 nitrogen and oxygen atoms in total. The van der Waals surface area contributed by atoms with E-state index >= 15 is 0 Å². The van der Waals surface area contributed by atoms with Gasteiger partial charge in [-0.25, -0.2) is 14.5 Å². The highest BCUT2D eigenvalue weighted by atomic mass is 15.3. The summed E-state index contributed by atoms with van der Waals surface area (Å²) in [6.45, 7) is 4.29. The molecule has 5 aromatic rings. The zero-order valence-electron chi connectivity index (χ0n) is 17.9. The summed E-state index contributed by atoms with van der Waals surface area (Å²) in [5.41, 5.74) is 6.14. The number of benzene rings is 1. The van der Waals surface area contributed by atoms with Gasteiger partial charge >= 0.3 is 0 Å². The van der Waals surface area contributed by atoms with E-state index in [4.69, 9.17) is 4.98 Å². The molecule has 32 heavy (non-hydrogen) atoms. The number of pyridine rings is 2. The second-order valence-electron chi connectivity index (χ2n) is 8.24. The Kier molecular flexibility index (Phi) is 4.50. The molecular weight excluding hydrogens is 400 g/mol. The molecule has 2 N–H and O–H groups in total. The van der Waals surface area contributed by atoms with E-state index in [1.165, 1.54) is 5.69 Å². The molecule has 4 aromatic heterocycles. The number of nitrogens with zero attached hydrogens (tertiary/aromatic N) is 6. The molecule has 0 amide bonds. The number of piperazine rings is 1. The number of likely N-dealkylation sites (N-methyl/N-ethyl adjacent to an activating group) is 1. The van der Waals surface area contributed by atoms with E-state index in [0.717, 1.165) is 65.5 Å². The summed E-state index contributed by atoms with van der Waals surface area (Å²) in [5.74, 6) is 0.814. The van der Waals surface area contributed by atoms with E-state index in [0.29, 0.717) is 0 Å². The lowest BCUT2D eigenvalue weighted by Gasteiger charge is -2.34. The fourth-order valence-electron chi connectivity index (χ4n) is 4.29. The minimum absolute atomic E-state index is 0.814. The Labute approximate surface area is 185 Å². The zero-order valence-corrected chi connectivity index (χ0v) is 17.9. The first-order valence-corrected chi connectivity index (χ1v) is 10.8. The van der Waals surface area contributed by atoms with E-state index in [-0.39, 0.29) is 0 Å². The Morgan fingerprint density at radius 3 is 2.81 bits per heavy atom. The second kappa shape index (κ2) is 7.65. The lowest BCUT2D eigenvalue weighted by Crippen LogP contribution is -2.44. The van der Waals surface area contributed by atoms with Crippen LogP contribution < -0.4 is 10.2 Å². The highest BCUT2D eigenvalue weighted by molar-refractivity contribution is 5.95. The number of nitrogens with one attached hydrogen (secondary N) is 2. The predicted octanol–water partition coefficient (Wildman–Crippen LogP) is 3.77. The van der Waals surface area contributed by atoms with Crippen molar-refractivity contribution in [2.24, 2.45) is 0 Å². The fraction of sp³-hybridized carbons (Fsp3) is 0.208. The van der Waals surface area contributed by atoms with Gasteiger partial charge in [0.05, 0.1) is 0 Å². The number of rotatable bonds is 4. The average molecular weight is 425 g/mol. The lowest BCUT2D eigenvalue weighted by atomic mass is 10.1. The summed E-state index contributed by atoms with van der Waals surface area (Å²) in [4.78, 5) is 17.2. The minimum atomic E-state index is 0.814. The van der Waals surface area contributed by atoms with E-state index in [2.05, 4.69) is 67.6 Å². The highest BCUT2D eigenvalue weighted by Crippen LogP contribution is 2.30. The quantitative estimate of drug-likeness (QED) is 0.457. The number of fused-ring (bicyclic) bond motifs is 2. The molecule has 8 heteroatoms. The molecule has 0 aliphatic carbocycles. The van der Waals surface area contributed by atoms with Crippen molar-refractivity contribution in [3.8, 4) is 11.1 Å². The van der Waals surface area contributed by atoms with Crippen LogP contribution in [0.2, 0.25) is 0 Å². The molecule has 1 aromatic carbocycles. The van der Waals surface area contributed by atoms with Crippen LogP contribution >= 0.6 is 0 Å². The van der Waals surface area contributed by atoms with Gasteiger partial charge in [-0.3, -0.25) is 0 Å². The average Bonchev–Trinajstić information content (AvgIpc) is 3.46. The summed E-state index contributed by atoms with van der Waals surface area (Å²) in [6, 6.07) is 16.8. The van der Waals surface area contributed by atoms with E-state index in [1.807, 2.05) is 30.6 Å². The Bertz CT molecular complexity index is 1390. The number of hydrogen-bond acceptors (Lipinski definition) is 6. The first kappa shape index (κ1) is 18.8. The second-order valence-corrected chi connectivity index (χ2v) is 8.24. The van der Waals surface area contributed by atoms with Crippen molar-refractivity contribution in [2.75, 3.05) is 43.4 Å². The number of H-pyrrole nitrogens is 1. The summed E-state index contributed by atoms with van der Waals surface area (Å²) in [7, 11) is 2.18. The molecule has 6 rings (SSSR count). The third-order valence-electron chi connectivity index (χ3n) is 6.12. The van der Waals surface area contributed by atoms with E-state index in [9.17, 15) is 0 Å². The Morgan fingerprint density at radius 1 is 1.00 bits per heavy atom. The van der Waals surface area contributed by atoms with Crippen LogP contribution in [-0.4, -0.2) is 62.7 Å². The molecule has 0 atom stereocenters. The standard InChI is InChI=1S/C24H24N8/c1-30-9-11-31(12-10-30)19-4-2-3-18(14-19)28-22-6-5-20-21(15-25-24(20)29-22)17-7-8-32-23(13-17)26-16-27-32/h2-8,13-16H,9-12H2,1H3,(H2,25,28,29). The van der Waals surface area contributed by atoms with Crippen molar-refractivity contribution < 1.29 is 0 Å². The summed E-state index contributed by atoms with van der Waals surface area (Å²) in [6.07, 6.45) is 5.48. The molecule has 0 unspecified atom stereocenters. The van der Waals surface area contributed by atoms with Crippen LogP contribution in [0.3, 0.4) is 0 Å². The van der Waals surface area contributed by atoms with Gasteiger partial charge in [0.15, 0.2) is 5.65 Å². The van der Waals surface area contributed by atoms with Gasteiger partial charge in [-0.1, -0.05) is 6.07 Å². The summed E-state index contributed by atoms with van der Waals surface area (Å²) >= 11 is 0. The number of aromatic nitrogens is 5. The monoisotopic (exact) mass is 424 g/mol. The van der Waals surface area contributed by atoms with Gasteiger partial charge in [0.25, 0.3) is 0 Å². The van der Waals surface area contributed by atoms with Crippen molar-refractivity contribution in [3.63, 3.8) is 0 Å². The third kappa shape index (κ3) is 3.44. The lowest BCUT2D eigenvalue weighted by molar-refractivity contribution is 0.313. The molecule has 1 aliphatic heterocycles. The van der Waals surface area contributed by atoms with Gasteiger partial charge < -0.3 is 20.1 Å². The van der Waals surface area contributed by atoms with Crippen molar-refractivity contribution in [3.05, 3.63) is 67.3 Å². The van der Waals surface area contributed by atoms with Crippen molar-refractivity contribution in [1.29, 1.82) is 0 Å². The minimum Gasteiger partial charge on any atom is -0.369 e. The maximum atomic E-state index is 4.80. The smallest absolute Gasteiger partial charge is 0.155 e.